The van der Waals surface area contributed by atoms with E-state index < -0.39 is 23.1 Å². The Bertz CT molecular complexity index is 3020. The monoisotopic (exact) mass is 1160 g/mol. The van der Waals surface area contributed by atoms with Crippen LogP contribution >= 0.6 is 69.9 Å². The standard InChI is InChI=1S/C29H32Cl2N4O2S.C22H20Cl2N2O2S.C7H14N2O/c1-17(2)23-24(27(37)34-16-6-7-22(34)26(36)33(4)5)38-28-32-29(3,19-10-14-21(31)15-11-19)25(35(23)28)18-8-12-20(30)13-9-18;1-12(2)17-18(20(27)28)29-21-25-22(3,14-6-10-16(24)11-7-14)19(26(17)21)13-4-8-15(23)9-5-13;1-9(2)7(10)6-4-3-5-8-6/h8-15,17,22,25H,6-7,16H2,1-5H3;4-12,19H,1-3H3,(H,27,28);6,8H,3-5H2,1-2H3/t22-,25?,29?;;6-/m1.1/s1. The highest BCUT2D eigenvalue weighted by Crippen LogP contribution is 2.58. The SMILES string of the molecule is CC(C)C1=C(C(=O)N2CCC[C@@H]2C(=O)N(C)C)SC2=NC(C)(c3ccc(Cl)cc3)C(c3ccc(Cl)cc3)N21.CC(C)C1=C(C(=O)O)SC2=NC(C)(c3ccc(Cl)cc3)C(c3ccc(Cl)cc3)N21.CN(C)C(=O)[C@H]1CCCN1. The maximum Gasteiger partial charge on any atom is 0.344 e. The molecule has 4 unspecified atom stereocenters. The molecule has 0 aliphatic carbocycles. The summed E-state index contributed by atoms with van der Waals surface area (Å²) < 4.78 is 0. The Kier molecular flexibility index (Phi) is 17.9. The zero-order chi connectivity index (χ0) is 55.8. The van der Waals surface area contributed by atoms with Gasteiger partial charge in [-0.05, 0) is 152 Å². The number of rotatable bonds is 10. The van der Waals surface area contributed by atoms with Gasteiger partial charge in [0.05, 0.1) is 18.1 Å². The molecule has 0 saturated carbocycles. The van der Waals surface area contributed by atoms with Gasteiger partial charge in [-0.2, -0.15) is 0 Å². The Morgan fingerprint density at radius 3 is 1.39 bits per heavy atom. The number of allylic oxidation sites excluding steroid dienone is 2. The second-order valence-corrected chi connectivity index (χ2v) is 25.0. The molecule has 0 aromatic heterocycles. The molecule has 19 heteroatoms. The van der Waals surface area contributed by atoms with E-state index in [4.69, 9.17) is 56.4 Å². The van der Waals surface area contributed by atoms with Crippen LogP contribution in [0.15, 0.2) is 128 Å². The third-order valence-electron chi connectivity index (χ3n) is 14.8. The van der Waals surface area contributed by atoms with E-state index in [2.05, 4.69) is 42.8 Å². The Labute approximate surface area is 481 Å². The molecule has 0 radical (unpaired) electrons. The number of thioether (sulfide) groups is 2. The van der Waals surface area contributed by atoms with Crippen molar-refractivity contribution in [3.63, 3.8) is 0 Å². The van der Waals surface area contributed by atoms with Gasteiger partial charge in [-0.1, -0.05) is 123 Å². The van der Waals surface area contributed by atoms with Gasteiger partial charge in [0.25, 0.3) is 5.91 Å². The van der Waals surface area contributed by atoms with Crippen LogP contribution in [0, 0.1) is 11.8 Å². The molecule has 4 aromatic carbocycles. The number of benzene rings is 4. The highest BCUT2D eigenvalue weighted by Gasteiger charge is 2.55. The van der Waals surface area contributed by atoms with Crippen LogP contribution in [-0.4, -0.2) is 117 Å². The van der Waals surface area contributed by atoms with Crippen molar-refractivity contribution >= 4 is 104 Å². The normalized spacial score (nSPS) is 24.3. The molecule has 6 aliphatic rings. The third kappa shape index (κ3) is 11.7. The molecule has 10 rings (SSSR count). The maximum atomic E-state index is 14.1. The van der Waals surface area contributed by atoms with Crippen LogP contribution in [0.3, 0.4) is 0 Å². The van der Waals surface area contributed by atoms with E-state index in [0.29, 0.717) is 48.0 Å². The van der Waals surface area contributed by atoms with E-state index in [9.17, 15) is 24.3 Å². The summed E-state index contributed by atoms with van der Waals surface area (Å²) in [5.41, 5.74) is 4.65. The smallest absolute Gasteiger partial charge is 0.344 e. The first kappa shape index (κ1) is 58.2. The van der Waals surface area contributed by atoms with Gasteiger partial charge in [-0.25, -0.2) is 14.8 Å². The average molecular weight is 1160 g/mol. The fourth-order valence-corrected chi connectivity index (χ4v) is 14.1. The van der Waals surface area contributed by atoms with E-state index in [1.165, 1.54) is 23.5 Å². The first-order valence-corrected chi connectivity index (χ1v) is 29.0. The van der Waals surface area contributed by atoms with E-state index in [1.54, 1.807) is 42.9 Å². The van der Waals surface area contributed by atoms with E-state index in [1.807, 2.05) is 111 Å². The summed E-state index contributed by atoms with van der Waals surface area (Å²) in [6, 6.07) is 30.3. The molecule has 6 heterocycles. The van der Waals surface area contributed by atoms with Crippen LogP contribution in [0.25, 0.3) is 0 Å². The zero-order valence-electron chi connectivity index (χ0n) is 45.0. The predicted molar refractivity (Wildman–Crippen MR) is 314 cm³/mol. The number of fused-ring (bicyclic) bond motifs is 2. The van der Waals surface area contributed by atoms with Crippen molar-refractivity contribution in [2.45, 2.75) is 102 Å². The lowest BCUT2D eigenvalue weighted by Gasteiger charge is -2.37. The minimum Gasteiger partial charge on any atom is -0.477 e. The second kappa shape index (κ2) is 23.8. The fraction of sp³-hybridized carbons (Fsp3) is 0.414. The van der Waals surface area contributed by atoms with Crippen LogP contribution < -0.4 is 5.32 Å². The molecule has 6 atom stereocenters. The summed E-state index contributed by atoms with van der Waals surface area (Å²) in [5.74, 6) is -0.739. The number of nitrogens with zero attached hydrogens (tertiary/aromatic N) is 7. The van der Waals surface area contributed by atoms with Crippen molar-refractivity contribution in [1.82, 2.24) is 29.8 Å². The Balaban J connectivity index is 0.000000177. The summed E-state index contributed by atoms with van der Waals surface area (Å²) in [5, 5.41) is 17.1. The number of carboxylic acids is 1. The number of aliphatic imine (C=N–C) groups is 2. The van der Waals surface area contributed by atoms with Crippen molar-refractivity contribution in [2.75, 3.05) is 41.3 Å². The highest BCUT2D eigenvalue weighted by molar-refractivity contribution is 8.18. The number of aliphatic carboxylic acids is 1. The molecular weight excluding hydrogens is 1090 g/mol. The Morgan fingerprint density at radius 2 is 1.01 bits per heavy atom. The summed E-state index contributed by atoms with van der Waals surface area (Å²) >= 11 is 27.4. The van der Waals surface area contributed by atoms with E-state index in [0.717, 1.165) is 64.6 Å². The minimum absolute atomic E-state index is 0.0299. The van der Waals surface area contributed by atoms with Gasteiger partial charge in [-0.15, -0.1) is 0 Å². The molecule has 2 fully saturated rings. The summed E-state index contributed by atoms with van der Waals surface area (Å²) in [6.07, 6.45) is 3.63. The van der Waals surface area contributed by atoms with Gasteiger partial charge >= 0.3 is 5.97 Å². The molecule has 2 N–H and O–H groups in total. The first-order valence-electron chi connectivity index (χ1n) is 25.8. The number of amides is 3. The summed E-state index contributed by atoms with van der Waals surface area (Å²) in [7, 11) is 7.07. The van der Waals surface area contributed by atoms with E-state index in [-0.39, 0.29) is 47.7 Å². The van der Waals surface area contributed by atoms with Gasteiger partial charge < -0.3 is 34.9 Å². The quantitative estimate of drug-likeness (QED) is 0.158. The highest BCUT2D eigenvalue weighted by atomic mass is 35.5. The van der Waals surface area contributed by atoms with Gasteiger partial charge in [0.15, 0.2) is 10.3 Å². The number of carbonyl (C=O) groups excluding carboxylic acids is 3. The molecule has 6 aliphatic heterocycles. The number of amidine groups is 2. The molecular formula is C58H66Cl4N8O5S2. The third-order valence-corrected chi connectivity index (χ3v) is 17.9. The predicted octanol–water partition coefficient (Wildman–Crippen LogP) is 12.5. The lowest BCUT2D eigenvalue weighted by atomic mass is 9.81. The molecule has 408 valence electrons. The number of halogens is 4. The van der Waals surface area contributed by atoms with Crippen molar-refractivity contribution in [3.05, 3.63) is 161 Å². The van der Waals surface area contributed by atoms with Crippen molar-refractivity contribution in [3.8, 4) is 0 Å². The number of likely N-dealkylation sites (tertiary alicyclic amines) is 1. The van der Waals surface area contributed by atoms with Crippen molar-refractivity contribution in [2.24, 2.45) is 21.8 Å². The lowest BCUT2D eigenvalue weighted by molar-refractivity contribution is -0.140. The number of hydrogen-bond donors (Lipinski definition) is 2. The van der Waals surface area contributed by atoms with E-state index >= 15 is 0 Å². The zero-order valence-corrected chi connectivity index (χ0v) is 49.6. The van der Waals surface area contributed by atoms with Crippen LogP contribution in [0.5, 0.6) is 0 Å². The Morgan fingerprint density at radius 1 is 0.610 bits per heavy atom. The number of likely N-dealkylation sites (N-methyl/N-ethyl adjacent to an activating group) is 2. The number of carboxylic acid groups (broad SMARTS) is 1. The first-order chi connectivity index (χ1) is 36.5. The molecule has 0 bridgehead atoms. The number of hydrogen-bond acceptors (Lipinski definition) is 11. The molecule has 0 spiro atoms. The van der Waals surface area contributed by atoms with Crippen LogP contribution in [0.2, 0.25) is 20.1 Å². The summed E-state index contributed by atoms with van der Waals surface area (Å²) in [6.45, 7) is 14.0. The fourth-order valence-electron chi connectivity index (χ4n) is 11.0. The van der Waals surface area contributed by atoms with Gasteiger partial charge in [-0.3, -0.25) is 14.4 Å². The van der Waals surface area contributed by atoms with Gasteiger partial charge in [0.2, 0.25) is 11.8 Å². The number of nitrogens with one attached hydrogen (secondary N) is 1. The van der Waals surface area contributed by atoms with Crippen molar-refractivity contribution in [1.29, 1.82) is 0 Å². The second-order valence-electron chi connectivity index (χ2n) is 21.3. The molecule has 2 saturated heterocycles. The van der Waals surface area contributed by atoms with Crippen LogP contribution in [-0.2, 0) is 30.3 Å². The molecule has 4 aromatic rings. The molecule has 3 amide bonds. The summed E-state index contributed by atoms with van der Waals surface area (Å²) in [4.78, 5) is 70.7. The van der Waals surface area contributed by atoms with Gasteiger partial charge in [0.1, 0.15) is 26.9 Å². The largest absolute Gasteiger partial charge is 0.477 e. The van der Waals surface area contributed by atoms with Crippen LogP contribution in [0.4, 0.5) is 0 Å². The minimum atomic E-state index is -0.918. The Hall–Kier alpha value is -5.00. The average Bonchev–Trinajstić information content (AvgIpc) is 4.33. The topological polar surface area (TPSA) is 141 Å². The van der Waals surface area contributed by atoms with Gasteiger partial charge in [0, 0.05) is 66.2 Å². The number of carbonyl (C=O) groups is 4. The van der Waals surface area contributed by atoms with Crippen molar-refractivity contribution < 1.29 is 24.3 Å². The maximum absolute atomic E-state index is 14.1. The lowest BCUT2D eigenvalue weighted by Crippen LogP contribution is -2.46. The van der Waals surface area contributed by atoms with Crippen LogP contribution in [0.1, 0.15) is 102 Å². The molecule has 77 heavy (non-hydrogen) atoms. The molecule has 13 nitrogen and oxygen atoms in total.